The van der Waals surface area contributed by atoms with Crippen LogP contribution in [0, 0.1) is 123 Å². The van der Waals surface area contributed by atoms with Crippen molar-refractivity contribution >= 4 is 6.71 Å². The first-order valence-corrected chi connectivity index (χ1v) is 43.4. The molecule has 16 aliphatic carbocycles. The minimum atomic E-state index is 0.449. The maximum atomic E-state index is 3.76. The zero-order chi connectivity index (χ0) is 60.6. The van der Waals surface area contributed by atoms with Crippen LogP contribution in [0.25, 0.3) is 0 Å². The third-order valence-electron chi connectivity index (χ3n) is 38.2. The van der Waals surface area contributed by atoms with Crippen LogP contribution in [0.4, 0.5) is 0 Å². The lowest BCUT2D eigenvalue weighted by molar-refractivity contribution is -0.408. The lowest BCUT2D eigenvalue weighted by Gasteiger charge is -2.90. The summed E-state index contributed by atoms with van der Waals surface area (Å²) in [5.74, 6) is 21.6. The first-order valence-electron chi connectivity index (χ1n) is 43.4. The predicted octanol–water partition coefficient (Wildman–Crippen LogP) is 20.8. The van der Waals surface area contributed by atoms with E-state index in [9.17, 15) is 0 Å². The largest absolute Gasteiger partial charge is 0.295 e. The Morgan fingerprint density at radius 3 is 1.33 bits per heavy atom. The topological polar surface area (TPSA) is 13.0 Å². The molecule has 0 aromatic carbocycles. The van der Waals surface area contributed by atoms with Gasteiger partial charge in [0, 0.05) is 77.9 Å². The third kappa shape index (κ3) is 9.33. The van der Waals surface area contributed by atoms with Gasteiger partial charge in [-0.2, -0.15) is 0 Å². The van der Waals surface area contributed by atoms with Crippen LogP contribution in [0.5, 0.6) is 0 Å². The molecule has 0 aromatic heterocycles. The van der Waals surface area contributed by atoms with Crippen LogP contribution in [-0.2, 0) is 0 Å². The maximum Gasteiger partial charge on any atom is 0.156 e. The van der Waals surface area contributed by atoms with Crippen LogP contribution in [0.1, 0.15) is 324 Å². The van der Waals surface area contributed by atoms with E-state index < -0.39 is 0 Å². The first-order chi connectivity index (χ1) is 44.3. The highest BCUT2D eigenvalue weighted by atomic mass is 15.4. The Labute approximate surface area is 560 Å². The molecule has 20 rings (SSSR count). The molecule has 4 heterocycles. The summed E-state index contributed by atoms with van der Waals surface area (Å²) in [6.45, 7) is 17.1. The summed E-state index contributed by atoms with van der Waals surface area (Å²) in [5, 5.41) is 0. The Hall–Kier alpha value is -0.0951. The molecule has 0 N–H and O–H groups in total. The van der Waals surface area contributed by atoms with Crippen molar-refractivity contribution in [1.29, 1.82) is 0 Å². The van der Waals surface area contributed by atoms with E-state index in [-0.39, 0.29) is 0 Å². The number of likely N-dealkylation sites (tertiary alicyclic amines) is 2. The van der Waals surface area contributed by atoms with Crippen LogP contribution in [0.2, 0.25) is 17.5 Å². The predicted molar refractivity (Wildman–Crippen MR) is 377 cm³/mol. The molecule has 91 heavy (non-hydrogen) atoms. The van der Waals surface area contributed by atoms with Crippen molar-refractivity contribution in [3.05, 3.63) is 0 Å². The number of fused-ring (bicyclic) bond motifs is 7. The summed E-state index contributed by atoms with van der Waals surface area (Å²) in [6, 6.07) is 10.8. The number of nitrogens with zero attached hydrogens (tertiary/aromatic N) is 4. The van der Waals surface area contributed by atoms with E-state index in [1.807, 2.05) is 0 Å². The molecule has 4 nitrogen and oxygen atoms in total. The second-order valence-electron chi connectivity index (χ2n) is 42.4. The highest BCUT2D eigenvalue weighted by molar-refractivity contribution is 6.65. The molecule has 506 valence electrons. The van der Waals surface area contributed by atoms with Gasteiger partial charge >= 0.3 is 0 Å². The van der Waals surface area contributed by atoms with Gasteiger partial charge in [0.05, 0.1) is 0 Å². The van der Waals surface area contributed by atoms with Crippen LogP contribution in [0.3, 0.4) is 0 Å². The van der Waals surface area contributed by atoms with Gasteiger partial charge in [0.15, 0.2) is 6.71 Å². The molecule has 27 atom stereocenters. The average molecular weight is 1240 g/mol. The van der Waals surface area contributed by atoms with Crippen molar-refractivity contribution in [2.45, 2.75) is 414 Å². The number of piperidine rings is 2. The lowest BCUT2D eigenvalue weighted by Crippen LogP contribution is -2.94. The second kappa shape index (κ2) is 23.0. The maximum absolute atomic E-state index is 3.76. The zero-order valence-corrected chi connectivity index (χ0v) is 60.0. The molecule has 0 radical (unpaired) electrons. The Morgan fingerprint density at radius 2 is 0.747 bits per heavy atom. The Kier molecular flexibility index (Phi) is 15.4. The standard InChI is InChI=1S/C86H139BN4/c1-84(2,3)59-39-56-25-26-57-40-60(85(4,5)6)45-70-69(42-58(41-59)81(56)82(57)70)55-31-38-75-72(43-55)87-71-37-36-65(90-73-23-15-13-21-67(73)68-22-14-16-24-74(68)90)48-76(71)89(64-34-29-54(30-35-64)52-19-11-8-12-20-52)78-50-66(91-79-46-61-44-62-47-80(91)86(61,62)79)49-77(83(78)87)88(75)63-32-27-53(28-33-63)51-17-9-7-10-18-51/h51-83H,7-50H2,1-6H3. The molecular formula is C86H139BN4. The average Bonchev–Trinajstić information content (AvgIpc) is 0.888. The van der Waals surface area contributed by atoms with E-state index in [1.165, 1.54) is 51.4 Å². The highest BCUT2D eigenvalue weighted by Gasteiger charge is 2.85. The third-order valence-corrected chi connectivity index (χ3v) is 38.2. The fraction of sp³-hybridized carbons (Fsp3) is 1.00. The monoisotopic (exact) mass is 1240 g/mol. The van der Waals surface area contributed by atoms with Gasteiger partial charge in [-0.15, -0.1) is 0 Å². The van der Waals surface area contributed by atoms with Crippen molar-refractivity contribution in [3.8, 4) is 0 Å². The molecule has 5 heteroatoms. The van der Waals surface area contributed by atoms with Crippen molar-refractivity contribution in [2.24, 2.45) is 123 Å². The molecule has 0 bridgehead atoms. The van der Waals surface area contributed by atoms with Gasteiger partial charge in [0.25, 0.3) is 0 Å². The normalized spacial score (nSPS) is 55.7. The molecule has 27 unspecified atom stereocenters. The Morgan fingerprint density at radius 1 is 0.275 bits per heavy atom. The van der Waals surface area contributed by atoms with Gasteiger partial charge in [-0.1, -0.05) is 144 Å². The SMILES string of the molecule is CC(C)(C)C1CC2CCC3CC(C(C)(C)C)CC4C(C5CCC6C(C5)B5C7CCC(N8C9CCCCC9C9CCCCC98)CC7N(C7CCC(C8CCCCC8)CC7)C7CC(N8C9CC%10CC%11CC8C%10%119)CC(C57)N6C5CCC(C6CCCCC6)CC5)CC(C1)C2C34. The summed E-state index contributed by atoms with van der Waals surface area (Å²) >= 11 is 0. The van der Waals surface area contributed by atoms with Crippen LogP contribution in [-0.4, -0.2) is 98.8 Å². The summed E-state index contributed by atoms with van der Waals surface area (Å²) < 4.78 is 0. The molecule has 4 saturated heterocycles. The van der Waals surface area contributed by atoms with Crippen molar-refractivity contribution in [1.82, 2.24) is 19.6 Å². The van der Waals surface area contributed by atoms with Crippen LogP contribution >= 0.6 is 0 Å². The van der Waals surface area contributed by atoms with E-state index in [0.717, 1.165) is 209 Å². The fourth-order valence-electron chi connectivity index (χ4n) is 34.8. The minimum absolute atomic E-state index is 0.449. The van der Waals surface area contributed by atoms with Crippen molar-refractivity contribution in [3.63, 3.8) is 0 Å². The van der Waals surface area contributed by atoms with E-state index in [0.29, 0.717) is 10.8 Å². The molecule has 4 aliphatic heterocycles. The molecule has 20 fully saturated rings. The first kappa shape index (κ1) is 60.8. The Balaban J connectivity index is 0.698. The quantitative estimate of drug-likeness (QED) is 0.236. The molecule has 0 amide bonds. The van der Waals surface area contributed by atoms with Crippen LogP contribution in [0.15, 0.2) is 0 Å². The molecule has 1 spiro atoms. The van der Waals surface area contributed by atoms with Crippen molar-refractivity contribution < 1.29 is 0 Å². The molecule has 20 aliphatic rings. The van der Waals surface area contributed by atoms with Crippen molar-refractivity contribution in [2.75, 3.05) is 0 Å². The smallest absolute Gasteiger partial charge is 0.156 e. The van der Waals surface area contributed by atoms with Gasteiger partial charge in [-0.3, -0.25) is 19.6 Å². The highest BCUT2D eigenvalue weighted by Crippen LogP contribution is 2.83. The summed E-state index contributed by atoms with van der Waals surface area (Å²) in [5.41, 5.74) is 1.74. The molecular weight excluding hydrogens is 1100 g/mol. The summed E-state index contributed by atoms with van der Waals surface area (Å²) in [4.78, 5) is 14.5. The number of rotatable bonds is 7. The van der Waals surface area contributed by atoms with Gasteiger partial charge in [0.2, 0.25) is 0 Å². The van der Waals surface area contributed by atoms with E-state index in [1.54, 1.807) is 231 Å². The minimum Gasteiger partial charge on any atom is -0.295 e. The molecule has 0 aromatic rings. The van der Waals surface area contributed by atoms with Gasteiger partial charge < -0.3 is 0 Å². The summed E-state index contributed by atoms with van der Waals surface area (Å²) in [6.07, 6.45) is 69.4. The summed E-state index contributed by atoms with van der Waals surface area (Å²) in [7, 11) is 0. The van der Waals surface area contributed by atoms with E-state index >= 15 is 0 Å². The van der Waals surface area contributed by atoms with E-state index in [4.69, 9.17) is 0 Å². The van der Waals surface area contributed by atoms with Crippen LogP contribution < -0.4 is 0 Å². The molecule has 16 saturated carbocycles. The van der Waals surface area contributed by atoms with Gasteiger partial charge in [-0.05, 0) is 315 Å². The number of hydrogen-bond donors (Lipinski definition) is 0. The lowest BCUT2D eigenvalue weighted by atomic mass is 9.18. The van der Waals surface area contributed by atoms with Gasteiger partial charge in [-0.25, -0.2) is 0 Å². The fourth-order valence-corrected chi connectivity index (χ4v) is 34.8. The van der Waals surface area contributed by atoms with Gasteiger partial charge in [0.1, 0.15) is 0 Å². The van der Waals surface area contributed by atoms with E-state index in [2.05, 4.69) is 61.1 Å². The zero-order valence-electron chi connectivity index (χ0n) is 60.0. The number of hydrogen-bond acceptors (Lipinski definition) is 4. The second-order valence-corrected chi connectivity index (χ2v) is 42.4. The Bertz CT molecular complexity index is 2560.